The zero-order chi connectivity index (χ0) is 21.7. The van der Waals surface area contributed by atoms with E-state index in [9.17, 15) is 4.79 Å². The molecule has 6 heteroatoms. The van der Waals surface area contributed by atoms with Crippen LogP contribution < -0.4 is 0 Å². The minimum absolute atomic E-state index is 0.0521. The lowest BCUT2D eigenvalue weighted by atomic mass is 9.91. The second kappa shape index (κ2) is 10.6. The zero-order valence-corrected chi connectivity index (χ0v) is 19.8. The SMILES string of the molecule is CN(CCCOC1CC(OCC(C)(C)C)C1)C(=O)COCC1CN(C(C)(C)C)C1. The quantitative estimate of drug-likeness (QED) is 0.488. The Labute approximate surface area is 178 Å². The zero-order valence-electron chi connectivity index (χ0n) is 19.8. The average Bonchev–Trinajstić information content (AvgIpc) is 2.51. The molecule has 6 nitrogen and oxygen atoms in total. The molecule has 0 aromatic rings. The Morgan fingerprint density at radius 1 is 1.03 bits per heavy atom. The molecule has 1 heterocycles. The summed E-state index contributed by atoms with van der Waals surface area (Å²) >= 11 is 0. The molecule has 29 heavy (non-hydrogen) atoms. The Bertz CT molecular complexity index is 500. The Hall–Kier alpha value is -0.690. The van der Waals surface area contributed by atoms with Crippen LogP contribution in [0.4, 0.5) is 0 Å². The van der Waals surface area contributed by atoms with Crippen LogP contribution in [0.1, 0.15) is 60.8 Å². The lowest BCUT2D eigenvalue weighted by Gasteiger charge is -2.47. The molecule has 0 N–H and O–H groups in total. The van der Waals surface area contributed by atoms with E-state index in [1.54, 1.807) is 4.90 Å². The lowest BCUT2D eigenvalue weighted by Crippen LogP contribution is -2.57. The Morgan fingerprint density at radius 2 is 1.66 bits per heavy atom. The molecular weight excluding hydrogens is 368 g/mol. The van der Waals surface area contributed by atoms with Crippen molar-refractivity contribution in [3.05, 3.63) is 0 Å². The van der Waals surface area contributed by atoms with Crippen LogP contribution in [0.15, 0.2) is 0 Å². The number of carbonyl (C=O) groups excluding carboxylic acids is 1. The van der Waals surface area contributed by atoms with Gasteiger partial charge in [0.15, 0.2) is 0 Å². The van der Waals surface area contributed by atoms with Crippen LogP contribution in [-0.4, -0.2) is 86.6 Å². The van der Waals surface area contributed by atoms with Crippen LogP contribution in [0.2, 0.25) is 0 Å². The summed E-state index contributed by atoms with van der Waals surface area (Å²) in [6.07, 6.45) is 3.51. The van der Waals surface area contributed by atoms with Crippen molar-refractivity contribution in [3.8, 4) is 0 Å². The van der Waals surface area contributed by atoms with Crippen LogP contribution in [-0.2, 0) is 19.0 Å². The third kappa shape index (κ3) is 8.91. The van der Waals surface area contributed by atoms with Gasteiger partial charge in [0.25, 0.3) is 0 Å². The highest BCUT2D eigenvalue weighted by molar-refractivity contribution is 5.77. The van der Waals surface area contributed by atoms with Crippen LogP contribution in [0.3, 0.4) is 0 Å². The molecule has 1 amide bonds. The molecule has 0 aromatic carbocycles. The first-order valence-corrected chi connectivity index (χ1v) is 11.2. The molecule has 0 aromatic heterocycles. The van der Waals surface area contributed by atoms with Gasteiger partial charge in [0, 0.05) is 44.7 Å². The minimum atomic E-state index is 0.0521. The molecule has 1 aliphatic heterocycles. The molecule has 0 radical (unpaired) electrons. The maximum Gasteiger partial charge on any atom is 0.248 e. The molecule has 1 aliphatic carbocycles. The van der Waals surface area contributed by atoms with Crippen molar-refractivity contribution in [2.75, 3.05) is 53.1 Å². The van der Waals surface area contributed by atoms with E-state index in [1.165, 1.54) is 0 Å². The summed E-state index contributed by atoms with van der Waals surface area (Å²) in [5.74, 6) is 0.607. The normalized spacial score (nSPS) is 23.6. The number of likely N-dealkylation sites (N-methyl/N-ethyl adjacent to an activating group) is 1. The topological polar surface area (TPSA) is 51.2 Å². The monoisotopic (exact) mass is 412 g/mol. The number of nitrogens with zero attached hydrogens (tertiary/aromatic N) is 2. The summed E-state index contributed by atoms with van der Waals surface area (Å²) in [6.45, 7) is 18.5. The average molecular weight is 413 g/mol. The van der Waals surface area contributed by atoms with Crippen molar-refractivity contribution in [2.45, 2.75) is 78.6 Å². The second-order valence-corrected chi connectivity index (χ2v) is 11.1. The summed E-state index contributed by atoms with van der Waals surface area (Å²) in [6, 6.07) is 0. The van der Waals surface area contributed by atoms with Gasteiger partial charge in [-0.25, -0.2) is 0 Å². The number of rotatable bonds is 11. The maximum atomic E-state index is 12.2. The predicted molar refractivity (Wildman–Crippen MR) is 116 cm³/mol. The molecule has 2 rings (SSSR count). The van der Waals surface area contributed by atoms with Crippen molar-refractivity contribution >= 4 is 5.91 Å². The van der Waals surface area contributed by atoms with Crippen molar-refractivity contribution < 1.29 is 19.0 Å². The molecule has 170 valence electrons. The summed E-state index contributed by atoms with van der Waals surface area (Å²) in [5.41, 5.74) is 0.450. The molecule has 0 atom stereocenters. The second-order valence-electron chi connectivity index (χ2n) is 11.1. The summed E-state index contributed by atoms with van der Waals surface area (Å²) in [5, 5.41) is 0. The largest absolute Gasteiger partial charge is 0.378 e. The highest BCUT2D eigenvalue weighted by atomic mass is 16.5. The maximum absolute atomic E-state index is 12.2. The molecule has 0 spiro atoms. The van der Waals surface area contributed by atoms with Gasteiger partial charge in [0.1, 0.15) is 6.61 Å². The first-order chi connectivity index (χ1) is 13.4. The van der Waals surface area contributed by atoms with Crippen molar-refractivity contribution in [3.63, 3.8) is 0 Å². The summed E-state index contributed by atoms with van der Waals surface area (Å²) < 4.78 is 17.4. The Morgan fingerprint density at radius 3 is 2.24 bits per heavy atom. The van der Waals surface area contributed by atoms with Gasteiger partial charge < -0.3 is 19.1 Å². The number of ether oxygens (including phenoxy) is 3. The summed E-state index contributed by atoms with van der Waals surface area (Å²) in [7, 11) is 1.84. The van der Waals surface area contributed by atoms with Crippen LogP contribution in [0.5, 0.6) is 0 Å². The van der Waals surface area contributed by atoms with E-state index in [-0.39, 0.29) is 23.5 Å². The van der Waals surface area contributed by atoms with Crippen LogP contribution in [0, 0.1) is 11.3 Å². The van der Waals surface area contributed by atoms with Gasteiger partial charge >= 0.3 is 0 Å². The number of hydrogen-bond donors (Lipinski definition) is 0. The minimum Gasteiger partial charge on any atom is -0.378 e. The Kier molecular flexibility index (Phi) is 8.95. The van der Waals surface area contributed by atoms with E-state index in [1.807, 2.05) is 7.05 Å². The van der Waals surface area contributed by atoms with E-state index < -0.39 is 0 Å². The molecule has 2 aliphatic rings. The number of amides is 1. The van der Waals surface area contributed by atoms with Gasteiger partial charge in [-0.05, 0) is 45.4 Å². The smallest absolute Gasteiger partial charge is 0.248 e. The molecule has 1 saturated heterocycles. The summed E-state index contributed by atoms with van der Waals surface area (Å²) in [4.78, 5) is 16.4. The van der Waals surface area contributed by atoms with Gasteiger partial charge in [-0.1, -0.05) is 20.8 Å². The first-order valence-electron chi connectivity index (χ1n) is 11.2. The third-order valence-corrected chi connectivity index (χ3v) is 5.71. The molecule has 0 unspecified atom stereocenters. The van der Waals surface area contributed by atoms with Gasteiger partial charge in [-0.2, -0.15) is 0 Å². The predicted octanol–water partition coefficient (Wildman–Crippen LogP) is 3.19. The number of hydrogen-bond acceptors (Lipinski definition) is 5. The van der Waals surface area contributed by atoms with Gasteiger partial charge in [-0.15, -0.1) is 0 Å². The van der Waals surface area contributed by atoms with Gasteiger partial charge in [-0.3, -0.25) is 9.69 Å². The van der Waals surface area contributed by atoms with Gasteiger partial charge in [0.05, 0.1) is 25.4 Å². The standard InChI is InChI=1S/C23H44N2O4/c1-22(2,3)17-29-20-11-19(12-20)28-10-8-9-24(7)21(26)16-27-15-18-13-25(14-18)23(4,5)6/h18-20H,8-17H2,1-7H3. The molecule has 0 bridgehead atoms. The van der Waals surface area contributed by atoms with Gasteiger partial charge in [0.2, 0.25) is 5.91 Å². The van der Waals surface area contributed by atoms with E-state index in [0.29, 0.717) is 37.9 Å². The molecule has 2 fully saturated rings. The third-order valence-electron chi connectivity index (χ3n) is 5.71. The fourth-order valence-electron chi connectivity index (χ4n) is 3.48. The highest BCUT2D eigenvalue weighted by Gasteiger charge is 2.34. The number of carbonyl (C=O) groups is 1. The first kappa shape index (κ1) is 24.6. The van der Waals surface area contributed by atoms with E-state index in [4.69, 9.17) is 14.2 Å². The van der Waals surface area contributed by atoms with E-state index >= 15 is 0 Å². The number of likely N-dealkylation sites (tertiary alicyclic amines) is 1. The lowest BCUT2D eigenvalue weighted by molar-refractivity contribution is -0.137. The molecular formula is C23H44N2O4. The fourth-order valence-corrected chi connectivity index (χ4v) is 3.48. The van der Waals surface area contributed by atoms with E-state index in [2.05, 4.69) is 46.4 Å². The van der Waals surface area contributed by atoms with Crippen molar-refractivity contribution in [1.82, 2.24) is 9.80 Å². The van der Waals surface area contributed by atoms with E-state index in [0.717, 1.165) is 39.0 Å². The highest BCUT2D eigenvalue weighted by Crippen LogP contribution is 2.28. The van der Waals surface area contributed by atoms with Crippen LogP contribution >= 0.6 is 0 Å². The molecule has 1 saturated carbocycles. The fraction of sp³-hybridized carbons (Fsp3) is 0.957. The van der Waals surface area contributed by atoms with Crippen molar-refractivity contribution in [1.29, 1.82) is 0 Å². The van der Waals surface area contributed by atoms with Crippen LogP contribution in [0.25, 0.3) is 0 Å². The Balaban J connectivity index is 1.43. The van der Waals surface area contributed by atoms with Crippen molar-refractivity contribution in [2.24, 2.45) is 11.3 Å².